The van der Waals surface area contributed by atoms with Gasteiger partial charge in [0.15, 0.2) is 0 Å². The molecule has 4 rings (SSSR count). The summed E-state index contributed by atoms with van der Waals surface area (Å²) in [5.74, 6) is 0. The molecule has 1 aliphatic heterocycles. The van der Waals surface area contributed by atoms with Crippen molar-refractivity contribution in [2.24, 2.45) is 0 Å². The van der Waals surface area contributed by atoms with Crippen molar-refractivity contribution in [1.82, 2.24) is 10.2 Å². The molecule has 1 heterocycles. The summed E-state index contributed by atoms with van der Waals surface area (Å²) >= 11 is 0. The van der Waals surface area contributed by atoms with E-state index in [0.29, 0.717) is 5.41 Å². The van der Waals surface area contributed by atoms with E-state index < -0.39 is 0 Å². The van der Waals surface area contributed by atoms with Gasteiger partial charge >= 0.3 is 0 Å². The Balaban J connectivity index is 1.53. The second kappa shape index (κ2) is 7.72. The minimum absolute atomic E-state index is 0.313. The van der Waals surface area contributed by atoms with Crippen molar-refractivity contribution in [3.63, 3.8) is 0 Å². The van der Waals surface area contributed by atoms with Crippen molar-refractivity contribution < 1.29 is 0 Å². The summed E-state index contributed by atoms with van der Waals surface area (Å²) in [6.45, 7) is 4.76. The van der Waals surface area contributed by atoms with Crippen molar-refractivity contribution >= 4 is 0 Å². The summed E-state index contributed by atoms with van der Waals surface area (Å²) in [6.07, 6.45) is 6.45. The maximum Gasteiger partial charge on any atom is 0.0110 e. The molecule has 1 saturated heterocycles. The van der Waals surface area contributed by atoms with Crippen molar-refractivity contribution in [2.75, 3.05) is 26.2 Å². The predicted molar refractivity (Wildman–Crippen MR) is 105 cm³/mol. The van der Waals surface area contributed by atoms with Gasteiger partial charge < -0.3 is 5.32 Å². The molecule has 2 fully saturated rings. The molecule has 0 amide bonds. The Labute approximate surface area is 152 Å². The summed E-state index contributed by atoms with van der Waals surface area (Å²) in [5.41, 5.74) is 3.33. The van der Waals surface area contributed by atoms with Crippen LogP contribution in [-0.4, -0.2) is 37.1 Å². The van der Waals surface area contributed by atoms with Crippen LogP contribution in [-0.2, 0) is 11.8 Å². The maximum atomic E-state index is 3.49. The van der Waals surface area contributed by atoms with E-state index in [-0.39, 0.29) is 0 Å². The van der Waals surface area contributed by atoms with Gasteiger partial charge in [-0.25, -0.2) is 0 Å². The predicted octanol–water partition coefficient (Wildman–Crippen LogP) is 4.01. The average molecular weight is 335 g/mol. The molecule has 0 radical (unpaired) electrons. The van der Waals surface area contributed by atoms with Gasteiger partial charge in [0.05, 0.1) is 0 Å². The lowest BCUT2D eigenvalue weighted by atomic mass is 9.65. The van der Waals surface area contributed by atoms with Crippen LogP contribution in [0.4, 0.5) is 0 Å². The molecular weight excluding hydrogens is 304 g/mol. The third kappa shape index (κ3) is 3.80. The molecule has 25 heavy (non-hydrogen) atoms. The average Bonchev–Trinajstić information content (AvgIpc) is 2.71. The number of hydrogen-bond donors (Lipinski definition) is 1. The quantitative estimate of drug-likeness (QED) is 0.909. The molecule has 2 aromatic rings. The van der Waals surface area contributed by atoms with E-state index in [0.717, 1.165) is 19.1 Å². The van der Waals surface area contributed by atoms with Gasteiger partial charge in [0.25, 0.3) is 0 Å². The number of benzene rings is 2. The number of hydrogen-bond acceptors (Lipinski definition) is 2. The van der Waals surface area contributed by atoms with Crippen LogP contribution in [0.25, 0.3) is 0 Å². The molecule has 2 aliphatic rings. The fourth-order valence-electron chi connectivity index (χ4n) is 4.91. The molecule has 2 aromatic carbocycles. The van der Waals surface area contributed by atoms with Gasteiger partial charge in [0.1, 0.15) is 0 Å². The van der Waals surface area contributed by atoms with E-state index in [9.17, 15) is 0 Å². The highest BCUT2D eigenvalue weighted by Gasteiger charge is 2.38. The summed E-state index contributed by atoms with van der Waals surface area (Å²) in [6, 6.07) is 23.2. The fourth-order valence-corrected chi connectivity index (χ4v) is 4.91. The van der Waals surface area contributed by atoms with Gasteiger partial charge in [-0.2, -0.15) is 0 Å². The number of nitrogens with zero attached hydrogens (tertiary/aromatic N) is 1. The molecule has 1 aliphatic carbocycles. The highest BCUT2D eigenvalue weighted by Crippen LogP contribution is 2.43. The maximum absolute atomic E-state index is 3.49. The van der Waals surface area contributed by atoms with Crippen LogP contribution in [0.1, 0.15) is 36.8 Å². The second-order valence-electron chi connectivity index (χ2n) is 7.83. The van der Waals surface area contributed by atoms with Crippen LogP contribution < -0.4 is 5.32 Å². The lowest BCUT2D eigenvalue weighted by molar-refractivity contribution is 0.110. The van der Waals surface area contributed by atoms with Crippen molar-refractivity contribution in [1.29, 1.82) is 0 Å². The minimum Gasteiger partial charge on any atom is -0.314 e. The van der Waals surface area contributed by atoms with Crippen molar-refractivity contribution in [2.45, 2.75) is 43.6 Å². The monoisotopic (exact) mass is 334 g/mol. The largest absolute Gasteiger partial charge is 0.314 e. The summed E-state index contributed by atoms with van der Waals surface area (Å²) in [7, 11) is 0. The Morgan fingerprint density at radius 1 is 0.840 bits per heavy atom. The molecule has 0 bridgehead atoms. The van der Waals surface area contributed by atoms with Gasteiger partial charge in [-0.3, -0.25) is 4.90 Å². The second-order valence-corrected chi connectivity index (χ2v) is 7.83. The first-order valence-electron chi connectivity index (χ1n) is 9.90. The third-order valence-electron chi connectivity index (χ3n) is 6.35. The van der Waals surface area contributed by atoms with Gasteiger partial charge in [-0.05, 0) is 48.6 Å². The Morgan fingerprint density at radius 2 is 1.44 bits per heavy atom. The Morgan fingerprint density at radius 3 is 2.08 bits per heavy atom. The zero-order valence-corrected chi connectivity index (χ0v) is 15.2. The zero-order valence-electron chi connectivity index (χ0n) is 15.2. The SMILES string of the molecule is c1ccc(CC2(c3ccccc3)CCC(N3CCNCC3)CC2)cc1. The molecule has 1 saturated carbocycles. The fraction of sp³-hybridized carbons (Fsp3) is 0.478. The lowest BCUT2D eigenvalue weighted by Crippen LogP contribution is -2.51. The van der Waals surface area contributed by atoms with Crippen LogP contribution in [0.3, 0.4) is 0 Å². The first-order chi connectivity index (χ1) is 12.4. The molecule has 1 N–H and O–H groups in total. The highest BCUT2D eigenvalue weighted by atomic mass is 15.2. The van der Waals surface area contributed by atoms with Crippen LogP contribution in [0.5, 0.6) is 0 Å². The zero-order chi connectivity index (χ0) is 17.0. The van der Waals surface area contributed by atoms with Crippen LogP contribution in [0, 0.1) is 0 Å². The molecule has 2 nitrogen and oxygen atoms in total. The number of nitrogens with one attached hydrogen (secondary N) is 1. The van der Waals surface area contributed by atoms with E-state index >= 15 is 0 Å². The normalized spacial score (nSPS) is 27.9. The minimum atomic E-state index is 0.313. The summed E-state index contributed by atoms with van der Waals surface area (Å²) in [5, 5.41) is 3.49. The molecule has 0 atom stereocenters. The summed E-state index contributed by atoms with van der Waals surface area (Å²) < 4.78 is 0. The highest BCUT2D eigenvalue weighted by molar-refractivity contribution is 5.30. The molecule has 2 heteroatoms. The molecule has 0 unspecified atom stereocenters. The van der Waals surface area contributed by atoms with Crippen molar-refractivity contribution in [3.8, 4) is 0 Å². The van der Waals surface area contributed by atoms with Crippen molar-refractivity contribution in [3.05, 3.63) is 71.8 Å². The van der Waals surface area contributed by atoms with E-state index in [1.807, 2.05) is 0 Å². The van der Waals surface area contributed by atoms with Gasteiger partial charge in [0, 0.05) is 32.2 Å². The topological polar surface area (TPSA) is 15.3 Å². The van der Waals surface area contributed by atoms with Gasteiger partial charge in [0.2, 0.25) is 0 Å². The van der Waals surface area contributed by atoms with Crippen LogP contribution >= 0.6 is 0 Å². The number of piperazine rings is 1. The van der Waals surface area contributed by atoms with Gasteiger partial charge in [-0.1, -0.05) is 60.7 Å². The smallest absolute Gasteiger partial charge is 0.0110 e. The lowest BCUT2D eigenvalue weighted by Gasteiger charge is -2.45. The van der Waals surface area contributed by atoms with Gasteiger partial charge in [-0.15, -0.1) is 0 Å². The van der Waals surface area contributed by atoms with Crippen LogP contribution in [0.2, 0.25) is 0 Å². The van der Waals surface area contributed by atoms with E-state index in [4.69, 9.17) is 0 Å². The third-order valence-corrected chi connectivity index (χ3v) is 6.35. The molecule has 0 aromatic heterocycles. The molecular formula is C23H30N2. The Hall–Kier alpha value is -1.64. The first kappa shape index (κ1) is 16.8. The molecule has 132 valence electrons. The standard InChI is InChI=1S/C23H30N2/c1-3-7-20(8-4-1)19-23(21-9-5-2-6-10-21)13-11-22(12-14-23)25-17-15-24-16-18-25/h1-10,22,24H,11-19H2. The van der Waals surface area contributed by atoms with Crippen LogP contribution in [0.15, 0.2) is 60.7 Å². The summed E-state index contributed by atoms with van der Waals surface area (Å²) in [4.78, 5) is 2.73. The first-order valence-corrected chi connectivity index (χ1v) is 9.90. The Bertz CT molecular complexity index is 638. The van der Waals surface area contributed by atoms with E-state index in [2.05, 4.69) is 70.9 Å². The van der Waals surface area contributed by atoms with E-state index in [1.54, 1.807) is 0 Å². The molecule has 0 spiro atoms. The Kier molecular flexibility index (Phi) is 5.19. The number of rotatable bonds is 4. The van der Waals surface area contributed by atoms with E-state index in [1.165, 1.54) is 56.3 Å².